The van der Waals surface area contributed by atoms with E-state index >= 15 is 0 Å². The van der Waals surface area contributed by atoms with Gasteiger partial charge in [-0.1, -0.05) is 24.3 Å². The first-order valence-electron chi connectivity index (χ1n) is 8.37. The summed E-state index contributed by atoms with van der Waals surface area (Å²) in [5.41, 5.74) is -0.407. The van der Waals surface area contributed by atoms with Crippen LogP contribution < -0.4 is 10.1 Å². The number of nitrogens with one attached hydrogen (secondary N) is 1. The monoisotopic (exact) mass is 369 g/mol. The summed E-state index contributed by atoms with van der Waals surface area (Å²) in [4.78, 5) is 36.6. The summed E-state index contributed by atoms with van der Waals surface area (Å²) in [5.74, 6) is -3.77. The number of hydrogen-bond donors (Lipinski definition) is 3. The lowest BCUT2D eigenvalue weighted by atomic mass is 9.66. The molecule has 0 aliphatic heterocycles. The van der Waals surface area contributed by atoms with Gasteiger partial charge in [-0.2, -0.15) is 0 Å². The lowest BCUT2D eigenvalue weighted by Crippen LogP contribution is -2.47. The van der Waals surface area contributed by atoms with Gasteiger partial charge in [-0.15, -0.1) is 0 Å². The van der Waals surface area contributed by atoms with Gasteiger partial charge in [-0.3, -0.25) is 14.4 Å². The predicted molar refractivity (Wildman–Crippen MR) is 96.8 cm³/mol. The van der Waals surface area contributed by atoms with Crippen LogP contribution in [0.1, 0.15) is 23.5 Å². The SMILES string of the molecule is COc1ccc2c(c1)C(C(=O)Nc1ccccc1)CC(C(=O)O)(C(=O)O)C2. The zero-order chi connectivity index (χ0) is 19.6. The molecule has 0 radical (unpaired) electrons. The van der Waals surface area contributed by atoms with E-state index < -0.39 is 29.2 Å². The molecule has 27 heavy (non-hydrogen) atoms. The highest BCUT2D eigenvalue weighted by molar-refractivity contribution is 6.02. The molecule has 0 saturated carbocycles. The van der Waals surface area contributed by atoms with E-state index in [1.165, 1.54) is 7.11 Å². The number of ether oxygens (including phenoxy) is 1. The standard InChI is InChI=1S/C20H19NO6/c1-27-14-8-7-12-10-20(18(23)24,19(25)26)11-16(15(12)9-14)17(22)21-13-5-3-2-4-6-13/h2-9,16H,10-11H2,1H3,(H,21,22)(H,23,24)(H,25,26). The number of carboxylic acids is 2. The molecule has 1 atom stereocenters. The van der Waals surface area contributed by atoms with Gasteiger partial charge in [0, 0.05) is 5.69 Å². The largest absolute Gasteiger partial charge is 0.497 e. The van der Waals surface area contributed by atoms with E-state index in [0.717, 1.165) is 0 Å². The number of carbonyl (C=O) groups excluding carboxylic acids is 1. The lowest BCUT2D eigenvalue weighted by molar-refractivity contribution is -0.166. The van der Waals surface area contributed by atoms with Crippen LogP contribution in [0.3, 0.4) is 0 Å². The lowest BCUT2D eigenvalue weighted by Gasteiger charge is -2.35. The van der Waals surface area contributed by atoms with Crippen LogP contribution in [0.5, 0.6) is 5.75 Å². The molecule has 0 fully saturated rings. The maximum Gasteiger partial charge on any atom is 0.321 e. The molecule has 2 aromatic carbocycles. The van der Waals surface area contributed by atoms with Crippen LogP contribution in [0.4, 0.5) is 5.69 Å². The molecule has 1 unspecified atom stereocenters. The van der Waals surface area contributed by atoms with Gasteiger partial charge < -0.3 is 20.3 Å². The molecule has 140 valence electrons. The molecular weight excluding hydrogens is 350 g/mol. The third-order valence-corrected chi connectivity index (χ3v) is 4.95. The number of anilines is 1. The number of amides is 1. The highest BCUT2D eigenvalue weighted by atomic mass is 16.5. The average molecular weight is 369 g/mol. The topological polar surface area (TPSA) is 113 Å². The Morgan fingerprint density at radius 2 is 1.74 bits per heavy atom. The zero-order valence-electron chi connectivity index (χ0n) is 14.6. The third-order valence-electron chi connectivity index (χ3n) is 4.95. The second-order valence-corrected chi connectivity index (χ2v) is 6.55. The van der Waals surface area contributed by atoms with E-state index in [-0.39, 0.29) is 12.8 Å². The molecule has 1 aliphatic carbocycles. The minimum atomic E-state index is -2.06. The third kappa shape index (κ3) is 3.36. The minimum absolute atomic E-state index is 0.188. The highest BCUT2D eigenvalue weighted by Crippen LogP contribution is 2.44. The first kappa shape index (κ1) is 18.4. The molecule has 3 rings (SSSR count). The van der Waals surface area contributed by atoms with Gasteiger partial charge in [-0.25, -0.2) is 0 Å². The van der Waals surface area contributed by atoms with E-state index in [2.05, 4.69) is 5.32 Å². The molecule has 2 aromatic rings. The smallest absolute Gasteiger partial charge is 0.321 e. The first-order chi connectivity index (χ1) is 12.9. The van der Waals surface area contributed by atoms with Crippen LogP contribution in [0.25, 0.3) is 0 Å². The molecule has 7 heteroatoms. The summed E-state index contributed by atoms with van der Waals surface area (Å²) < 4.78 is 5.21. The summed E-state index contributed by atoms with van der Waals surface area (Å²) in [7, 11) is 1.49. The maximum atomic E-state index is 12.9. The van der Waals surface area contributed by atoms with Crippen molar-refractivity contribution in [2.45, 2.75) is 18.8 Å². The van der Waals surface area contributed by atoms with Crippen LogP contribution in [0.15, 0.2) is 48.5 Å². The van der Waals surface area contributed by atoms with Crippen molar-refractivity contribution in [3.8, 4) is 5.75 Å². The summed E-state index contributed by atoms with van der Waals surface area (Å²) >= 11 is 0. The quantitative estimate of drug-likeness (QED) is 0.698. The number of carboxylic acid groups (broad SMARTS) is 2. The molecule has 1 aliphatic rings. The molecular formula is C20H19NO6. The van der Waals surface area contributed by atoms with Crippen molar-refractivity contribution in [3.63, 3.8) is 0 Å². The van der Waals surface area contributed by atoms with Crippen LogP contribution >= 0.6 is 0 Å². The van der Waals surface area contributed by atoms with Crippen molar-refractivity contribution in [2.24, 2.45) is 5.41 Å². The van der Waals surface area contributed by atoms with E-state index in [4.69, 9.17) is 4.74 Å². The number of para-hydroxylation sites is 1. The fourth-order valence-corrected chi connectivity index (χ4v) is 3.44. The number of aliphatic carboxylic acids is 2. The number of methoxy groups -OCH3 is 1. The second-order valence-electron chi connectivity index (χ2n) is 6.55. The van der Waals surface area contributed by atoms with Crippen molar-refractivity contribution < 1.29 is 29.3 Å². The first-order valence-corrected chi connectivity index (χ1v) is 8.37. The fourth-order valence-electron chi connectivity index (χ4n) is 3.44. The van der Waals surface area contributed by atoms with Gasteiger partial charge in [-0.05, 0) is 48.2 Å². The number of rotatable bonds is 5. The van der Waals surface area contributed by atoms with Crippen LogP contribution in [0, 0.1) is 5.41 Å². The maximum absolute atomic E-state index is 12.9. The fraction of sp³-hybridized carbons (Fsp3) is 0.250. The van der Waals surface area contributed by atoms with E-state index in [1.807, 2.05) is 0 Å². The molecule has 3 N–H and O–H groups in total. The Morgan fingerprint density at radius 3 is 2.33 bits per heavy atom. The Hall–Kier alpha value is -3.35. The van der Waals surface area contributed by atoms with Crippen molar-refractivity contribution in [3.05, 3.63) is 59.7 Å². The summed E-state index contributed by atoms with van der Waals surface area (Å²) in [6.07, 6.45) is -0.525. The molecule has 0 bridgehead atoms. The van der Waals surface area contributed by atoms with Crippen molar-refractivity contribution in [1.29, 1.82) is 0 Å². The normalized spacial score (nSPS) is 17.4. The summed E-state index contributed by atoms with van der Waals surface area (Å²) in [6, 6.07) is 13.6. The van der Waals surface area contributed by atoms with Gasteiger partial charge in [0.1, 0.15) is 5.75 Å². The Morgan fingerprint density at radius 1 is 1.07 bits per heavy atom. The molecule has 0 spiro atoms. The van der Waals surface area contributed by atoms with Gasteiger partial charge in [0.25, 0.3) is 0 Å². The highest BCUT2D eigenvalue weighted by Gasteiger charge is 2.53. The molecule has 7 nitrogen and oxygen atoms in total. The van der Waals surface area contributed by atoms with Gasteiger partial charge in [0.15, 0.2) is 5.41 Å². The zero-order valence-corrected chi connectivity index (χ0v) is 14.6. The summed E-state index contributed by atoms with van der Waals surface area (Å²) in [6.45, 7) is 0. The van der Waals surface area contributed by atoms with Crippen LogP contribution in [0.2, 0.25) is 0 Å². The minimum Gasteiger partial charge on any atom is -0.497 e. The van der Waals surface area contributed by atoms with E-state index in [0.29, 0.717) is 22.6 Å². The van der Waals surface area contributed by atoms with Gasteiger partial charge >= 0.3 is 11.9 Å². The number of carbonyl (C=O) groups is 3. The number of hydrogen-bond acceptors (Lipinski definition) is 4. The van der Waals surface area contributed by atoms with Gasteiger partial charge in [0.2, 0.25) is 5.91 Å². The molecule has 1 amide bonds. The Balaban J connectivity index is 2.05. The van der Waals surface area contributed by atoms with Crippen molar-refractivity contribution in [1.82, 2.24) is 0 Å². The second kappa shape index (κ2) is 7.11. The Kier molecular flexibility index (Phi) is 4.85. The average Bonchev–Trinajstić information content (AvgIpc) is 2.66. The van der Waals surface area contributed by atoms with Crippen molar-refractivity contribution >= 4 is 23.5 Å². The predicted octanol–water partition coefficient (Wildman–Crippen LogP) is 2.52. The van der Waals surface area contributed by atoms with E-state index in [1.54, 1.807) is 48.5 Å². The van der Waals surface area contributed by atoms with Crippen LogP contribution in [-0.4, -0.2) is 35.2 Å². The Labute approximate surface area is 155 Å². The molecule has 0 aromatic heterocycles. The van der Waals surface area contributed by atoms with Crippen molar-refractivity contribution in [2.75, 3.05) is 12.4 Å². The summed E-state index contributed by atoms with van der Waals surface area (Å²) in [5, 5.41) is 22.0. The van der Waals surface area contributed by atoms with Gasteiger partial charge in [0.05, 0.1) is 13.0 Å². The number of fused-ring (bicyclic) bond motifs is 1. The van der Waals surface area contributed by atoms with Crippen LogP contribution in [-0.2, 0) is 20.8 Å². The van der Waals surface area contributed by atoms with E-state index in [9.17, 15) is 24.6 Å². The number of benzene rings is 2. The Bertz CT molecular complexity index is 879. The molecule has 0 saturated heterocycles. The molecule has 0 heterocycles.